The monoisotopic (exact) mass is 269 g/mol. The number of hydrogen-bond acceptors (Lipinski definition) is 3. The van der Waals surface area contributed by atoms with E-state index < -0.39 is 16.1 Å². The van der Waals surface area contributed by atoms with Crippen molar-refractivity contribution in [3.05, 3.63) is 41.3 Å². The molecule has 0 fully saturated rings. The van der Waals surface area contributed by atoms with Crippen LogP contribution in [0.25, 0.3) is 6.08 Å². The van der Waals surface area contributed by atoms with E-state index in [1.165, 1.54) is 6.08 Å². The molecule has 0 heterocycles. The molecule has 0 amide bonds. The van der Waals surface area contributed by atoms with Gasteiger partial charge in [-0.2, -0.15) is 0 Å². The van der Waals surface area contributed by atoms with Crippen LogP contribution in [0, 0.1) is 5.92 Å². The molecule has 1 rings (SSSR count). The van der Waals surface area contributed by atoms with Crippen molar-refractivity contribution in [1.29, 1.82) is 0 Å². The molecule has 18 heavy (non-hydrogen) atoms. The summed E-state index contributed by atoms with van der Waals surface area (Å²) in [6.45, 7) is 3.49. The van der Waals surface area contributed by atoms with Gasteiger partial charge in [0.15, 0.2) is 0 Å². The molecule has 1 aromatic rings. The third kappa shape index (κ3) is 5.00. The van der Waals surface area contributed by atoms with Crippen LogP contribution in [0.1, 0.15) is 19.4 Å². The molecule has 5 heteroatoms. The van der Waals surface area contributed by atoms with Crippen LogP contribution in [-0.4, -0.2) is 26.2 Å². The van der Waals surface area contributed by atoms with E-state index in [1.54, 1.807) is 0 Å². The SMILES string of the molecule is CC(C)[C@@H](CO)NS(=O)(=O)C=Cc1ccccc1. The molecule has 100 valence electrons. The van der Waals surface area contributed by atoms with Gasteiger partial charge >= 0.3 is 0 Å². The molecule has 1 aromatic carbocycles. The van der Waals surface area contributed by atoms with Gasteiger partial charge in [0, 0.05) is 11.4 Å². The minimum atomic E-state index is -3.53. The standard InChI is InChI=1S/C13H19NO3S/c1-11(2)13(10-15)14-18(16,17)9-8-12-6-4-3-5-7-12/h3-9,11,13-15H,10H2,1-2H3/t13-/m1/s1. The lowest BCUT2D eigenvalue weighted by molar-refractivity contribution is 0.228. The lowest BCUT2D eigenvalue weighted by Crippen LogP contribution is -2.40. The summed E-state index contributed by atoms with van der Waals surface area (Å²) >= 11 is 0. The molecule has 0 unspecified atom stereocenters. The number of rotatable bonds is 6. The summed E-state index contributed by atoms with van der Waals surface area (Å²) in [6, 6.07) is 8.71. The van der Waals surface area contributed by atoms with Crippen molar-refractivity contribution < 1.29 is 13.5 Å². The summed E-state index contributed by atoms with van der Waals surface area (Å²) in [7, 11) is -3.53. The van der Waals surface area contributed by atoms with Gasteiger partial charge in [-0.15, -0.1) is 0 Å². The Labute approximate surface area is 108 Å². The van der Waals surface area contributed by atoms with Crippen LogP contribution in [0.4, 0.5) is 0 Å². The van der Waals surface area contributed by atoms with Crippen LogP contribution in [0.5, 0.6) is 0 Å². The fourth-order valence-corrected chi connectivity index (χ4v) is 2.55. The van der Waals surface area contributed by atoms with Crippen LogP contribution in [0.15, 0.2) is 35.7 Å². The third-order valence-corrected chi connectivity index (χ3v) is 3.68. The molecule has 0 aromatic heterocycles. The molecular formula is C13H19NO3S. The number of aliphatic hydroxyl groups is 1. The zero-order chi connectivity index (χ0) is 13.6. The third-order valence-electron chi connectivity index (χ3n) is 2.56. The van der Waals surface area contributed by atoms with E-state index in [9.17, 15) is 8.42 Å². The summed E-state index contributed by atoms with van der Waals surface area (Å²) < 4.78 is 26.0. The van der Waals surface area contributed by atoms with E-state index in [0.29, 0.717) is 0 Å². The molecule has 1 atom stereocenters. The molecule has 0 aliphatic heterocycles. The van der Waals surface area contributed by atoms with Crippen LogP contribution in [0.2, 0.25) is 0 Å². The Hall–Kier alpha value is -1.17. The van der Waals surface area contributed by atoms with Gasteiger partial charge in [-0.3, -0.25) is 0 Å². The Bertz CT molecular complexity index is 480. The zero-order valence-corrected chi connectivity index (χ0v) is 11.4. The second-order valence-corrected chi connectivity index (χ2v) is 6.01. The van der Waals surface area contributed by atoms with Gasteiger partial charge in [0.2, 0.25) is 10.0 Å². The maximum absolute atomic E-state index is 11.8. The molecule has 4 nitrogen and oxygen atoms in total. The van der Waals surface area contributed by atoms with Gasteiger partial charge in [-0.05, 0) is 17.6 Å². The van der Waals surface area contributed by atoms with Gasteiger partial charge in [0.1, 0.15) is 0 Å². The molecule has 2 N–H and O–H groups in total. The predicted molar refractivity (Wildman–Crippen MR) is 73.2 cm³/mol. The van der Waals surface area contributed by atoms with Gasteiger partial charge in [0.25, 0.3) is 0 Å². The average Bonchev–Trinajstić information content (AvgIpc) is 2.35. The lowest BCUT2D eigenvalue weighted by atomic mass is 10.1. The second-order valence-electron chi connectivity index (χ2n) is 4.41. The zero-order valence-electron chi connectivity index (χ0n) is 10.6. The van der Waals surface area contributed by atoms with Gasteiger partial charge in [-0.1, -0.05) is 44.2 Å². The minimum absolute atomic E-state index is 0.0369. The van der Waals surface area contributed by atoms with E-state index in [0.717, 1.165) is 11.0 Å². The number of aliphatic hydroxyl groups excluding tert-OH is 1. The first-order valence-electron chi connectivity index (χ1n) is 5.81. The van der Waals surface area contributed by atoms with Crippen molar-refractivity contribution >= 4 is 16.1 Å². The number of nitrogens with one attached hydrogen (secondary N) is 1. The Balaban J connectivity index is 2.73. The van der Waals surface area contributed by atoms with E-state index >= 15 is 0 Å². The number of sulfonamides is 1. The first kappa shape index (κ1) is 14.9. The Morgan fingerprint density at radius 3 is 2.39 bits per heavy atom. The largest absolute Gasteiger partial charge is 0.395 e. The fraction of sp³-hybridized carbons (Fsp3) is 0.385. The molecule has 0 aliphatic rings. The Morgan fingerprint density at radius 2 is 1.89 bits per heavy atom. The Morgan fingerprint density at radius 1 is 1.28 bits per heavy atom. The molecular weight excluding hydrogens is 250 g/mol. The number of benzene rings is 1. The van der Waals surface area contributed by atoms with E-state index in [-0.39, 0.29) is 12.5 Å². The van der Waals surface area contributed by atoms with Crippen molar-refractivity contribution in [3.8, 4) is 0 Å². The normalized spacial score (nSPS) is 14.2. The van der Waals surface area contributed by atoms with Crippen molar-refractivity contribution in [2.45, 2.75) is 19.9 Å². The summed E-state index contributed by atoms with van der Waals surface area (Å²) in [4.78, 5) is 0. The van der Waals surface area contributed by atoms with Gasteiger partial charge in [-0.25, -0.2) is 13.1 Å². The quantitative estimate of drug-likeness (QED) is 0.824. The molecule has 0 saturated heterocycles. The van der Waals surface area contributed by atoms with Crippen LogP contribution in [0.3, 0.4) is 0 Å². The summed E-state index contributed by atoms with van der Waals surface area (Å²) in [6.07, 6.45) is 1.52. The smallest absolute Gasteiger partial charge is 0.234 e. The summed E-state index contributed by atoms with van der Waals surface area (Å²) in [5.41, 5.74) is 0.813. The average molecular weight is 269 g/mol. The second kappa shape index (κ2) is 6.68. The lowest BCUT2D eigenvalue weighted by Gasteiger charge is -2.18. The Kier molecular flexibility index (Phi) is 5.53. The highest BCUT2D eigenvalue weighted by Crippen LogP contribution is 2.06. The molecule has 0 bridgehead atoms. The molecule has 0 spiro atoms. The van der Waals surface area contributed by atoms with Gasteiger partial charge < -0.3 is 5.11 Å². The predicted octanol–water partition coefficient (Wildman–Crippen LogP) is 1.59. The van der Waals surface area contributed by atoms with Crippen LogP contribution >= 0.6 is 0 Å². The maximum Gasteiger partial charge on any atom is 0.234 e. The highest BCUT2D eigenvalue weighted by molar-refractivity contribution is 7.92. The summed E-state index contributed by atoms with van der Waals surface area (Å²) in [5, 5.41) is 10.2. The van der Waals surface area contributed by atoms with Crippen molar-refractivity contribution in [1.82, 2.24) is 4.72 Å². The van der Waals surface area contributed by atoms with Crippen molar-refractivity contribution in [2.24, 2.45) is 5.92 Å². The molecule has 0 saturated carbocycles. The maximum atomic E-state index is 11.8. The molecule has 0 aliphatic carbocycles. The van der Waals surface area contributed by atoms with E-state index in [4.69, 9.17) is 5.11 Å². The molecule has 0 radical (unpaired) electrons. The fourth-order valence-electron chi connectivity index (χ4n) is 1.37. The summed E-state index contributed by atoms with van der Waals surface area (Å²) in [5.74, 6) is 0.0369. The topological polar surface area (TPSA) is 66.4 Å². The van der Waals surface area contributed by atoms with E-state index in [2.05, 4.69) is 4.72 Å². The van der Waals surface area contributed by atoms with E-state index in [1.807, 2.05) is 44.2 Å². The van der Waals surface area contributed by atoms with Crippen LogP contribution < -0.4 is 4.72 Å². The highest BCUT2D eigenvalue weighted by Gasteiger charge is 2.17. The first-order chi connectivity index (χ1) is 8.44. The van der Waals surface area contributed by atoms with Crippen molar-refractivity contribution in [2.75, 3.05) is 6.61 Å². The first-order valence-corrected chi connectivity index (χ1v) is 7.35. The van der Waals surface area contributed by atoms with Crippen LogP contribution in [-0.2, 0) is 10.0 Å². The minimum Gasteiger partial charge on any atom is -0.395 e. The highest BCUT2D eigenvalue weighted by atomic mass is 32.2. The van der Waals surface area contributed by atoms with Gasteiger partial charge in [0.05, 0.1) is 6.61 Å². The van der Waals surface area contributed by atoms with Crippen molar-refractivity contribution in [3.63, 3.8) is 0 Å². The number of hydrogen-bond donors (Lipinski definition) is 2.